The van der Waals surface area contributed by atoms with E-state index in [1.807, 2.05) is 19.2 Å². The zero-order valence-electron chi connectivity index (χ0n) is 21.4. The van der Waals surface area contributed by atoms with Gasteiger partial charge in [0.15, 0.2) is 0 Å². The summed E-state index contributed by atoms with van der Waals surface area (Å²) in [4.78, 5) is 2.63. The van der Waals surface area contributed by atoms with Crippen molar-refractivity contribution in [3.63, 3.8) is 0 Å². The fraction of sp³-hybridized carbons (Fsp3) is 0.312. The normalized spacial score (nSPS) is 15.9. The molecule has 0 atom stereocenters. The second-order valence-corrected chi connectivity index (χ2v) is 10.2. The number of fused-ring (bicyclic) bond motifs is 2. The first kappa shape index (κ1) is 24.7. The van der Waals surface area contributed by atoms with Crippen LogP contribution in [0, 0.1) is 0 Å². The molecule has 0 amide bonds. The highest BCUT2D eigenvalue weighted by Gasteiger charge is 2.24. The SMILES string of the molecule is C/C=C(/NCCCN1CCC(=C2c3ccccc3Cc3ccccc32)CC1)c1ccc(Cl)cc1NC. The smallest absolute Gasteiger partial charge is 0.0446 e. The third-order valence-electron chi connectivity index (χ3n) is 7.56. The fourth-order valence-electron chi connectivity index (χ4n) is 5.70. The van der Waals surface area contributed by atoms with Gasteiger partial charge in [-0.3, -0.25) is 0 Å². The number of likely N-dealkylation sites (tertiary alicyclic amines) is 1. The minimum absolute atomic E-state index is 0.748. The number of piperidine rings is 1. The van der Waals surface area contributed by atoms with Gasteiger partial charge in [0.05, 0.1) is 0 Å². The summed E-state index contributed by atoms with van der Waals surface area (Å²) in [5.74, 6) is 0. The van der Waals surface area contributed by atoms with Crippen LogP contribution >= 0.6 is 11.6 Å². The van der Waals surface area contributed by atoms with Gasteiger partial charge in [-0.2, -0.15) is 0 Å². The number of benzene rings is 3. The van der Waals surface area contributed by atoms with Crippen molar-refractivity contribution in [3.8, 4) is 0 Å². The van der Waals surface area contributed by atoms with Gasteiger partial charge in [0.25, 0.3) is 0 Å². The van der Waals surface area contributed by atoms with Crippen molar-refractivity contribution >= 4 is 28.6 Å². The number of allylic oxidation sites excluding steroid dienone is 1. The molecule has 186 valence electrons. The van der Waals surface area contributed by atoms with E-state index < -0.39 is 0 Å². The van der Waals surface area contributed by atoms with E-state index in [4.69, 9.17) is 11.6 Å². The van der Waals surface area contributed by atoms with Crippen molar-refractivity contribution in [1.29, 1.82) is 0 Å². The summed E-state index contributed by atoms with van der Waals surface area (Å²) >= 11 is 6.18. The van der Waals surface area contributed by atoms with E-state index >= 15 is 0 Å². The van der Waals surface area contributed by atoms with Crippen molar-refractivity contribution in [2.45, 2.75) is 32.6 Å². The van der Waals surface area contributed by atoms with E-state index in [2.05, 4.69) is 83.1 Å². The standard InChI is InChI=1S/C32H36ClN3/c1-3-30(29-14-13-26(33)22-31(29)34-2)35-17-8-18-36-19-15-23(16-20-36)32-27-11-6-4-9-24(27)21-25-10-5-7-12-28(25)32/h3-7,9-14,22,34-35H,8,15-21H2,1-2H3/b30-3+. The minimum atomic E-state index is 0.748. The first-order valence-corrected chi connectivity index (χ1v) is 13.5. The average Bonchev–Trinajstić information content (AvgIpc) is 2.92. The molecule has 3 nitrogen and oxygen atoms in total. The highest BCUT2D eigenvalue weighted by atomic mass is 35.5. The Balaban J connectivity index is 1.19. The summed E-state index contributed by atoms with van der Waals surface area (Å²) in [5.41, 5.74) is 12.3. The van der Waals surface area contributed by atoms with Gasteiger partial charge in [-0.05, 0) is 85.2 Å². The van der Waals surface area contributed by atoms with Crippen LogP contribution in [0.2, 0.25) is 5.02 Å². The van der Waals surface area contributed by atoms with Crippen LogP contribution in [0.5, 0.6) is 0 Å². The molecule has 0 bridgehead atoms. The lowest BCUT2D eigenvalue weighted by molar-refractivity contribution is 0.254. The Morgan fingerprint density at radius 3 is 2.25 bits per heavy atom. The molecule has 1 fully saturated rings. The third kappa shape index (κ3) is 5.23. The molecule has 0 aromatic heterocycles. The number of hydrogen-bond acceptors (Lipinski definition) is 3. The Labute approximate surface area is 220 Å². The first-order chi connectivity index (χ1) is 17.7. The molecule has 1 heterocycles. The molecule has 0 spiro atoms. The zero-order chi connectivity index (χ0) is 24.9. The molecule has 0 radical (unpaired) electrons. The molecule has 2 aliphatic rings. The molecular formula is C32H36ClN3. The van der Waals surface area contributed by atoms with Crippen molar-refractivity contribution in [2.75, 3.05) is 38.5 Å². The number of hydrogen-bond donors (Lipinski definition) is 2. The summed E-state index contributed by atoms with van der Waals surface area (Å²) in [6, 6.07) is 24.0. The highest BCUT2D eigenvalue weighted by Crippen LogP contribution is 2.40. The van der Waals surface area contributed by atoms with Crippen molar-refractivity contribution in [3.05, 3.63) is 111 Å². The maximum Gasteiger partial charge on any atom is 0.0446 e. The highest BCUT2D eigenvalue weighted by molar-refractivity contribution is 6.31. The third-order valence-corrected chi connectivity index (χ3v) is 7.80. The van der Waals surface area contributed by atoms with Crippen LogP contribution in [0.4, 0.5) is 5.69 Å². The van der Waals surface area contributed by atoms with Gasteiger partial charge in [0, 0.05) is 48.7 Å². The Kier molecular flexibility index (Phi) is 7.79. The van der Waals surface area contributed by atoms with Gasteiger partial charge >= 0.3 is 0 Å². The Bertz CT molecular complexity index is 1230. The van der Waals surface area contributed by atoms with Gasteiger partial charge in [-0.1, -0.05) is 71.8 Å². The predicted molar refractivity (Wildman–Crippen MR) is 155 cm³/mol. The topological polar surface area (TPSA) is 27.3 Å². The Morgan fingerprint density at radius 1 is 0.944 bits per heavy atom. The zero-order valence-corrected chi connectivity index (χ0v) is 22.2. The number of anilines is 1. The summed E-state index contributed by atoms with van der Waals surface area (Å²) in [6.07, 6.45) is 6.62. The lowest BCUT2D eigenvalue weighted by Gasteiger charge is -2.32. The summed E-state index contributed by atoms with van der Waals surface area (Å²) in [6.45, 7) is 6.44. The Morgan fingerprint density at radius 2 is 1.61 bits per heavy atom. The number of rotatable bonds is 7. The monoisotopic (exact) mass is 497 g/mol. The van der Waals surface area contributed by atoms with Crippen LogP contribution in [-0.2, 0) is 6.42 Å². The second kappa shape index (κ2) is 11.4. The molecule has 2 N–H and O–H groups in total. The molecule has 0 unspecified atom stereocenters. The Hall–Kier alpha value is -3.01. The van der Waals surface area contributed by atoms with Crippen LogP contribution in [-0.4, -0.2) is 38.1 Å². The van der Waals surface area contributed by atoms with E-state index in [-0.39, 0.29) is 0 Å². The van der Waals surface area contributed by atoms with Crippen LogP contribution in [0.15, 0.2) is 78.4 Å². The molecule has 4 heteroatoms. The van der Waals surface area contributed by atoms with E-state index in [0.29, 0.717) is 0 Å². The van der Waals surface area contributed by atoms with Crippen LogP contribution < -0.4 is 10.6 Å². The van der Waals surface area contributed by atoms with Gasteiger partial charge in [-0.15, -0.1) is 0 Å². The van der Waals surface area contributed by atoms with Gasteiger partial charge < -0.3 is 15.5 Å². The van der Waals surface area contributed by atoms with Gasteiger partial charge in [-0.25, -0.2) is 0 Å². The molecule has 5 rings (SSSR count). The van der Waals surface area contributed by atoms with E-state index in [1.165, 1.54) is 27.8 Å². The lowest BCUT2D eigenvalue weighted by Crippen LogP contribution is -2.33. The molecule has 36 heavy (non-hydrogen) atoms. The number of halogens is 1. The second-order valence-electron chi connectivity index (χ2n) is 9.73. The van der Waals surface area contributed by atoms with Crippen molar-refractivity contribution in [2.24, 2.45) is 0 Å². The number of nitrogens with zero attached hydrogens (tertiary/aromatic N) is 1. The molecule has 1 aliphatic carbocycles. The van der Waals surface area contributed by atoms with E-state index in [0.717, 1.165) is 73.8 Å². The maximum atomic E-state index is 6.18. The van der Waals surface area contributed by atoms with Gasteiger partial charge in [0.2, 0.25) is 0 Å². The summed E-state index contributed by atoms with van der Waals surface area (Å²) in [5, 5.41) is 7.65. The molecule has 0 saturated carbocycles. The van der Waals surface area contributed by atoms with E-state index in [1.54, 1.807) is 5.57 Å². The number of nitrogens with one attached hydrogen (secondary N) is 2. The van der Waals surface area contributed by atoms with E-state index in [9.17, 15) is 0 Å². The maximum absolute atomic E-state index is 6.18. The average molecular weight is 498 g/mol. The fourth-order valence-corrected chi connectivity index (χ4v) is 5.87. The summed E-state index contributed by atoms with van der Waals surface area (Å²) < 4.78 is 0. The molecule has 3 aromatic rings. The van der Waals surface area contributed by atoms with Gasteiger partial charge in [0.1, 0.15) is 0 Å². The predicted octanol–water partition coefficient (Wildman–Crippen LogP) is 7.22. The van der Waals surface area contributed by atoms with Crippen molar-refractivity contribution in [1.82, 2.24) is 10.2 Å². The summed E-state index contributed by atoms with van der Waals surface area (Å²) in [7, 11) is 1.94. The van der Waals surface area contributed by atoms with Crippen molar-refractivity contribution < 1.29 is 0 Å². The molecular weight excluding hydrogens is 462 g/mol. The largest absolute Gasteiger partial charge is 0.388 e. The first-order valence-electron chi connectivity index (χ1n) is 13.2. The van der Waals surface area contributed by atoms with Crippen LogP contribution in [0.25, 0.3) is 11.3 Å². The van der Waals surface area contributed by atoms with Crippen LogP contribution in [0.3, 0.4) is 0 Å². The minimum Gasteiger partial charge on any atom is -0.388 e. The van der Waals surface area contributed by atoms with Crippen LogP contribution in [0.1, 0.15) is 54.0 Å². The molecule has 1 aliphatic heterocycles. The quantitative estimate of drug-likeness (QED) is 0.264. The molecule has 3 aromatic carbocycles. The lowest BCUT2D eigenvalue weighted by atomic mass is 9.78. The molecule has 1 saturated heterocycles.